The molecule has 4 rings (SSSR count). The van der Waals surface area contributed by atoms with Gasteiger partial charge >= 0.3 is 0 Å². The number of hydrogen-bond acceptors (Lipinski definition) is 6. The first-order chi connectivity index (χ1) is 15.5. The number of aromatic nitrogens is 3. The van der Waals surface area contributed by atoms with Gasteiger partial charge in [-0.05, 0) is 49.8 Å². The van der Waals surface area contributed by atoms with Gasteiger partial charge in [0.2, 0.25) is 0 Å². The number of aryl methyl sites for hydroxylation is 2. The summed E-state index contributed by atoms with van der Waals surface area (Å²) in [6.07, 6.45) is 6.86. The number of nitrogens with zero attached hydrogens (tertiary/aromatic N) is 4. The third kappa shape index (κ3) is 4.80. The summed E-state index contributed by atoms with van der Waals surface area (Å²) in [6.45, 7) is 4.80. The Balaban J connectivity index is 1.56. The van der Waals surface area contributed by atoms with E-state index in [2.05, 4.69) is 21.9 Å². The van der Waals surface area contributed by atoms with Gasteiger partial charge in [-0.25, -0.2) is 19.3 Å². The smallest absolute Gasteiger partial charge is 0.274 e. The molecule has 0 unspecified atom stereocenters. The molecule has 8 heteroatoms. The lowest BCUT2D eigenvalue weighted by Gasteiger charge is -2.40. The number of piperidine rings is 1. The second-order valence-corrected chi connectivity index (χ2v) is 9.38. The van der Waals surface area contributed by atoms with E-state index >= 15 is 0 Å². The molecule has 3 aromatic rings. The van der Waals surface area contributed by atoms with E-state index in [9.17, 15) is 9.18 Å². The van der Waals surface area contributed by atoms with E-state index in [4.69, 9.17) is 4.74 Å². The second kappa shape index (κ2) is 9.73. The molecule has 0 N–H and O–H groups in total. The molecule has 0 radical (unpaired) electrons. The van der Waals surface area contributed by atoms with Crippen molar-refractivity contribution in [1.82, 2.24) is 19.9 Å². The number of methoxy groups -OCH3 is 1. The van der Waals surface area contributed by atoms with Crippen molar-refractivity contribution < 1.29 is 13.9 Å². The van der Waals surface area contributed by atoms with Gasteiger partial charge in [-0.2, -0.15) is 0 Å². The van der Waals surface area contributed by atoms with Crippen LogP contribution in [0.5, 0.6) is 5.75 Å². The van der Waals surface area contributed by atoms with Crippen LogP contribution in [-0.2, 0) is 6.42 Å². The van der Waals surface area contributed by atoms with Gasteiger partial charge < -0.3 is 9.64 Å². The average Bonchev–Trinajstić information content (AvgIpc) is 3.20. The predicted molar refractivity (Wildman–Crippen MR) is 122 cm³/mol. The number of amides is 1. The Morgan fingerprint density at radius 2 is 1.97 bits per heavy atom. The molecule has 1 aliphatic rings. The lowest BCUT2D eigenvalue weighted by atomic mass is 9.87. The summed E-state index contributed by atoms with van der Waals surface area (Å²) in [4.78, 5) is 29.8. The maximum absolute atomic E-state index is 13.7. The summed E-state index contributed by atoms with van der Waals surface area (Å²) in [6, 6.07) is 6.33. The first-order valence-electron chi connectivity index (χ1n) is 10.9. The number of hydrogen-bond donors (Lipinski definition) is 0. The van der Waals surface area contributed by atoms with E-state index in [1.54, 1.807) is 31.6 Å². The number of carbonyl (C=O) groups is 1. The van der Waals surface area contributed by atoms with E-state index in [1.807, 2.05) is 11.8 Å². The molecule has 0 aliphatic carbocycles. The van der Waals surface area contributed by atoms with Crippen LogP contribution in [0.1, 0.15) is 47.5 Å². The van der Waals surface area contributed by atoms with Gasteiger partial charge in [-0.3, -0.25) is 4.79 Å². The Bertz CT molecular complexity index is 1070. The van der Waals surface area contributed by atoms with Gasteiger partial charge in [0, 0.05) is 19.0 Å². The largest absolute Gasteiger partial charge is 0.494 e. The van der Waals surface area contributed by atoms with Crippen molar-refractivity contribution in [1.29, 1.82) is 0 Å². The third-order valence-corrected chi connectivity index (χ3v) is 7.02. The summed E-state index contributed by atoms with van der Waals surface area (Å²) < 4.78 is 18.5. The highest BCUT2D eigenvalue weighted by Gasteiger charge is 2.34. The summed E-state index contributed by atoms with van der Waals surface area (Å²) in [7, 11) is 1.59. The minimum atomic E-state index is -0.298. The van der Waals surface area contributed by atoms with Gasteiger partial charge in [0.25, 0.3) is 5.91 Å². The van der Waals surface area contributed by atoms with E-state index < -0.39 is 0 Å². The third-order valence-electron chi connectivity index (χ3n) is 6.00. The van der Waals surface area contributed by atoms with Crippen LogP contribution >= 0.6 is 11.3 Å². The lowest BCUT2D eigenvalue weighted by molar-refractivity contribution is 0.0494. The molecule has 1 saturated heterocycles. The summed E-state index contributed by atoms with van der Waals surface area (Å²) in [5, 5.41) is 0.820. The predicted octanol–water partition coefficient (Wildman–Crippen LogP) is 4.93. The highest BCUT2D eigenvalue weighted by atomic mass is 32.1. The SMILES string of the molecule is COc1cnc(CC[C@@H]2[C@H](C)CCCN2C(=O)c2nc(C)sc2-c2ccc(F)cc2)nc1. The molecule has 2 aromatic heterocycles. The number of likely N-dealkylation sites (tertiary alicyclic amines) is 1. The minimum absolute atomic E-state index is 0.0547. The van der Waals surface area contributed by atoms with Crippen LogP contribution in [0.25, 0.3) is 10.4 Å². The number of rotatable bonds is 6. The fraction of sp³-hybridized carbons (Fsp3) is 0.417. The standard InChI is InChI=1S/C24H27FN4O2S/c1-15-5-4-12-29(20(15)10-11-21-26-13-19(31-3)14-27-21)24(30)22-23(32-16(2)28-22)17-6-8-18(25)9-7-17/h6-9,13-15,20H,4-5,10-12H2,1-3H3/t15-,20-/m1/s1. The number of thiazole rings is 1. The fourth-order valence-corrected chi connectivity index (χ4v) is 5.22. The highest BCUT2D eigenvalue weighted by molar-refractivity contribution is 7.15. The van der Waals surface area contributed by atoms with E-state index in [0.29, 0.717) is 30.3 Å². The van der Waals surface area contributed by atoms with Crippen molar-refractivity contribution in [3.63, 3.8) is 0 Å². The van der Waals surface area contributed by atoms with Crippen molar-refractivity contribution in [2.24, 2.45) is 5.92 Å². The summed E-state index contributed by atoms with van der Waals surface area (Å²) in [5.74, 6) is 1.39. The van der Waals surface area contributed by atoms with Crippen molar-refractivity contribution in [2.75, 3.05) is 13.7 Å². The molecule has 0 bridgehead atoms. The molecule has 1 amide bonds. The van der Waals surface area contributed by atoms with Crippen LogP contribution < -0.4 is 4.74 Å². The van der Waals surface area contributed by atoms with E-state index in [1.165, 1.54) is 23.5 Å². The molecule has 1 aromatic carbocycles. The Labute approximate surface area is 191 Å². The normalized spacial score (nSPS) is 18.6. The maximum Gasteiger partial charge on any atom is 0.274 e. The molecule has 32 heavy (non-hydrogen) atoms. The van der Waals surface area contributed by atoms with Gasteiger partial charge in [-0.1, -0.05) is 19.1 Å². The highest BCUT2D eigenvalue weighted by Crippen LogP contribution is 2.34. The molecule has 0 spiro atoms. The first-order valence-corrected chi connectivity index (χ1v) is 11.7. The zero-order valence-corrected chi connectivity index (χ0v) is 19.4. The second-order valence-electron chi connectivity index (χ2n) is 8.18. The van der Waals surface area contributed by atoms with Crippen LogP contribution in [0.4, 0.5) is 4.39 Å². The first kappa shape index (κ1) is 22.3. The van der Waals surface area contributed by atoms with E-state index in [0.717, 1.165) is 40.5 Å². The van der Waals surface area contributed by atoms with Gasteiger partial charge in [0.1, 0.15) is 17.3 Å². The Kier molecular flexibility index (Phi) is 6.79. The molecule has 1 fully saturated rings. The summed E-state index contributed by atoms with van der Waals surface area (Å²) in [5.41, 5.74) is 1.27. The zero-order valence-electron chi connectivity index (χ0n) is 18.5. The Morgan fingerprint density at radius 1 is 1.25 bits per heavy atom. The van der Waals surface area contributed by atoms with Crippen molar-refractivity contribution in [3.05, 3.63) is 59.0 Å². The maximum atomic E-state index is 13.7. The topological polar surface area (TPSA) is 68.2 Å². The molecule has 0 saturated carbocycles. The van der Waals surface area contributed by atoms with Crippen molar-refractivity contribution in [2.45, 2.75) is 45.6 Å². The quantitative estimate of drug-likeness (QED) is 0.528. The molecular weight excluding hydrogens is 427 g/mol. The van der Waals surface area contributed by atoms with E-state index in [-0.39, 0.29) is 17.8 Å². The average molecular weight is 455 g/mol. The lowest BCUT2D eigenvalue weighted by Crippen LogP contribution is -2.48. The van der Waals surface area contributed by atoms with Crippen molar-refractivity contribution in [3.8, 4) is 16.2 Å². The molecule has 1 aliphatic heterocycles. The van der Waals surface area contributed by atoms with Crippen LogP contribution in [-0.4, -0.2) is 45.5 Å². The van der Waals surface area contributed by atoms with Crippen LogP contribution in [0.15, 0.2) is 36.7 Å². The zero-order chi connectivity index (χ0) is 22.7. The number of ether oxygens (including phenoxy) is 1. The molecule has 2 atom stereocenters. The van der Waals surface area contributed by atoms with Crippen molar-refractivity contribution >= 4 is 17.2 Å². The Hall–Kier alpha value is -2.87. The number of benzene rings is 1. The monoisotopic (exact) mass is 454 g/mol. The molecule has 3 heterocycles. The van der Waals surface area contributed by atoms with Gasteiger partial charge in [-0.15, -0.1) is 11.3 Å². The fourth-order valence-electron chi connectivity index (χ4n) is 4.30. The summed E-state index contributed by atoms with van der Waals surface area (Å²) >= 11 is 1.47. The molecule has 6 nitrogen and oxygen atoms in total. The number of carbonyl (C=O) groups excluding carboxylic acids is 1. The van der Waals surface area contributed by atoms with Gasteiger partial charge in [0.15, 0.2) is 5.75 Å². The van der Waals surface area contributed by atoms with Crippen LogP contribution in [0.3, 0.4) is 0 Å². The Morgan fingerprint density at radius 3 is 2.66 bits per heavy atom. The van der Waals surface area contributed by atoms with Crippen LogP contribution in [0.2, 0.25) is 0 Å². The number of halogens is 1. The van der Waals surface area contributed by atoms with Crippen LogP contribution in [0, 0.1) is 18.7 Å². The molecule has 168 valence electrons. The minimum Gasteiger partial charge on any atom is -0.494 e. The van der Waals surface area contributed by atoms with Gasteiger partial charge in [0.05, 0.1) is 29.4 Å². The molecular formula is C24H27FN4O2S.